The maximum Gasteiger partial charge on any atom is 0.221 e. The van der Waals surface area contributed by atoms with Gasteiger partial charge in [-0.15, -0.1) is 24.8 Å². The second-order valence-electron chi connectivity index (χ2n) is 6.28. The molecule has 5 N–H and O–H groups in total. The number of nitrogen functional groups attached to an aromatic ring is 2. The molecule has 1 aliphatic rings. The van der Waals surface area contributed by atoms with Gasteiger partial charge < -0.3 is 11.5 Å². The number of halogens is 4. The molecule has 2 aromatic carbocycles. The molecule has 0 aliphatic heterocycles. The number of anilines is 1. The zero-order valence-electron chi connectivity index (χ0n) is 15.0. The zero-order valence-corrected chi connectivity index (χ0v) is 18.2. The summed E-state index contributed by atoms with van der Waals surface area (Å²) in [5, 5.41) is 13.5. The van der Waals surface area contributed by atoms with E-state index in [9.17, 15) is 0 Å². The van der Waals surface area contributed by atoms with Crippen LogP contribution in [0.4, 0.5) is 5.95 Å². The van der Waals surface area contributed by atoms with Crippen LogP contribution in [0.5, 0.6) is 0 Å². The second kappa shape index (κ2) is 9.05. The molecule has 3 aromatic rings. The summed E-state index contributed by atoms with van der Waals surface area (Å²) >= 11 is 12.2. The largest absolute Gasteiger partial charge is 0.384 e. The fraction of sp³-hybridized carbons (Fsp3) is 0.105. The highest BCUT2D eigenvalue weighted by Gasteiger charge is 2.22. The summed E-state index contributed by atoms with van der Waals surface area (Å²) in [6.45, 7) is 0. The molecule has 0 saturated heterocycles. The average molecular weight is 472 g/mol. The van der Waals surface area contributed by atoms with E-state index in [2.05, 4.69) is 10.1 Å². The number of aromatic nitrogens is 2. The molecule has 1 aliphatic carbocycles. The van der Waals surface area contributed by atoms with E-state index >= 15 is 0 Å². The van der Waals surface area contributed by atoms with Crippen LogP contribution < -0.4 is 11.5 Å². The Kier molecular flexibility index (Phi) is 7.19. The number of imidazole rings is 1. The molecule has 0 atom stereocenters. The smallest absolute Gasteiger partial charge is 0.221 e. The van der Waals surface area contributed by atoms with E-state index in [1.807, 2.05) is 18.2 Å². The van der Waals surface area contributed by atoms with E-state index in [0.717, 1.165) is 40.8 Å². The predicted octanol–water partition coefficient (Wildman–Crippen LogP) is 4.77. The first-order chi connectivity index (χ1) is 12.9. The highest BCUT2D eigenvalue weighted by molar-refractivity contribution is 6.35. The van der Waals surface area contributed by atoms with Crippen molar-refractivity contribution in [3.8, 4) is 11.3 Å². The standard InChI is InChI=1S/C19H16Cl2N6.2ClH/c20-11-6-10(7-12(21)8-11)17-9-27(19(24)25-17)26-16-5-4-13-14(16)2-1-3-15(13)18(22)23;;/h1-3,6-9H,4-5H2,(H3,22,23)(H2,24,25);2*1H. The van der Waals surface area contributed by atoms with Gasteiger partial charge in [0.15, 0.2) is 0 Å². The number of fused-ring (bicyclic) bond motifs is 1. The van der Waals surface area contributed by atoms with E-state index in [4.69, 9.17) is 40.1 Å². The van der Waals surface area contributed by atoms with E-state index in [1.54, 1.807) is 29.1 Å². The van der Waals surface area contributed by atoms with Crippen LogP contribution in [-0.2, 0) is 6.42 Å². The van der Waals surface area contributed by atoms with Gasteiger partial charge in [0.25, 0.3) is 0 Å². The summed E-state index contributed by atoms with van der Waals surface area (Å²) in [6, 6.07) is 10.9. The second-order valence-corrected chi connectivity index (χ2v) is 7.15. The Morgan fingerprint density at radius 2 is 1.79 bits per heavy atom. The van der Waals surface area contributed by atoms with Crippen LogP contribution in [0.3, 0.4) is 0 Å². The van der Waals surface area contributed by atoms with Crippen LogP contribution in [0.2, 0.25) is 10.0 Å². The van der Waals surface area contributed by atoms with Gasteiger partial charge >= 0.3 is 0 Å². The molecule has 0 saturated carbocycles. The van der Waals surface area contributed by atoms with Gasteiger partial charge in [0, 0.05) is 26.7 Å². The fourth-order valence-corrected chi connectivity index (χ4v) is 3.82. The molecule has 152 valence electrons. The quantitative estimate of drug-likeness (QED) is 0.378. The highest BCUT2D eigenvalue weighted by Crippen LogP contribution is 2.29. The van der Waals surface area contributed by atoms with E-state index in [-0.39, 0.29) is 36.6 Å². The molecular formula is C19H18Cl4N6. The van der Waals surface area contributed by atoms with Gasteiger partial charge in [-0.3, -0.25) is 5.41 Å². The third kappa shape index (κ3) is 4.51. The van der Waals surface area contributed by atoms with Gasteiger partial charge in [0.05, 0.1) is 17.6 Å². The Labute approximate surface area is 190 Å². The van der Waals surface area contributed by atoms with Gasteiger partial charge in [-0.05, 0) is 36.6 Å². The number of hydrogen-bond acceptors (Lipinski definition) is 4. The van der Waals surface area contributed by atoms with Crippen LogP contribution in [0.15, 0.2) is 47.7 Å². The number of nitrogens with two attached hydrogens (primary N) is 2. The molecule has 0 spiro atoms. The number of nitrogens with zero attached hydrogens (tertiary/aromatic N) is 3. The molecule has 1 heterocycles. The van der Waals surface area contributed by atoms with Crippen LogP contribution in [0, 0.1) is 5.41 Å². The molecule has 0 unspecified atom stereocenters. The van der Waals surface area contributed by atoms with Crippen LogP contribution in [0.1, 0.15) is 23.1 Å². The van der Waals surface area contributed by atoms with Gasteiger partial charge in [0.1, 0.15) is 5.84 Å². The summed E-state index contributed by atoms with van der Waals surface area (Å²) in [4.78, 5) is 4.37. The molecule has 0 amide bonds. The Morgan fingerprint density at radius 3 is 2.45 bits per heavy atom. The zero-order chi connectivity index (χ0) is 19.1. The monoisotopic (exact) mass is 470 g/mol. The van der Waals surface area contributed by atoms with Crippen molar-refractivity contribution in [2.45, 2.75) is 12.8 Å². The molecule has 1 aromatic heterocycles. The van der Waals surface area contributed by atoms with E-state index in [0.29, 0.717) is 15.7 Å². The highest BCUT2D eigenvalue weighted by atomic mass is 35.5. The Hall–Kier alpha value is -2.25. The van der Waals surface area contributed by atoms with Crippen molar-refractivity contribution in [2.24, 2.45) is 10.8 Å². The van der Waals surface area contributed by atoms with E-state index < -0.39 is 0 Å². The predicted molar refractivity (Wildman–Crippen MR) is 124 cm³/mol. The molecule has 29 heavy (non-hydrogen) atoms. The van der Waals surface area contributed by atoms with Crippen molar-refractivity contribution in [1.82, 2.24) is 9.66 Å². The number of rotatable bonds is 3. The van der Waals surface area contributed by atoms with Gasteiger partial charge in [-0.25, -0.2) is 9.66 Å². The first-order valence-electron chi connectivity index (χ1n) is 8.28. The average Bonchev–Trinajstić information content (AvgIpc) is 3.18. The minimum atomic E-state index is 0. The molecule has 10 heteroatoms. The molecule has 0 bridgehead atoms. The lowest BCUT2D eigenvalue weighted by molar-refractivity contribution is 0.883. The van der Waals surface area contributed by atoms with Crippen molar-refractivity contribution in [1.29, 1.82) is 5.41 Å². The lowest BCUT2D eigenvalue weighted by Gasteiger charge is -2.06. The lowest BCUT2D eigenvalue weighted by Crippen LogP contribution is -2.13. The van der Waals surface area contributed by atoms with Crippen LogP contribution >= 0.6 is 48.0 Å². The Bertz CT molecular complexity index is 1090. The summed E-state index contributed by atoms with van der Waals surface area (Å²) < 4.78 is 1.55. The molecule has 0 radical (unpaired) electrons. The third-order valence-electron chi connectivity index (χ3n) is 4.49. The minimum absolute atomic E-state index is 0. The summed E-state index contributed by atoms with van der Waals surface area (Å²) in [7, 11) is 0. The molecule has 0 fully saturated rings. The maximum atomic E-state index is 7.74. The minimum Gasteiger partial charge on any atom is -0.384 e. The molecule has 6 nitrogen and oxygen atoms in total. The van der Waals surface area contributed by atoms with Crippen molar-refractivity contribution >= 4 is 65.5 Å². The summed E-state index contributed by atoms with van der Waals surface area (Å²) in [5.41, 5.74) is 16.8. The van der Waals surface area contributed by atoms with Crippen molar-refractivity contribution in [3.63, 3.8) is 0 Å². The number of hydrogen-bond donors (Lipinski definition) is 3. The number of nitrogens with one attached hydrogen (secondary N) is 1. The normalized spacial score (nSPS) is 13.5. The summed E-state index contributed by atoms with van der Waals surface area (Å²) in [6.07, 6.45) is 3.28. The van der Waals surface area contributed by atoms with Crippen molar-refractivity contribution < 1.29 is 0 Å². The number of benzene rings is 2. The Balaban J connectivity index is 0.00000150. The van der Waals surface area contributed by atoms with Crippen molar-refractivity contribution in [2.75, 3.05) is 5.73 Å². The molecular weight excluding hydrogens is 454 g/mol. The maximum absolute atomic E-state index is 7.74. The molecule has 4 rings (SSSR count). The Morgan fingerprint density at radius 1 is 1.10 bits per heavy atom. The van der Waals surface area contributed by atoms with Gasteiger partial charge in [0.2, 0.25) is 5.95 Å². The van der Waals surface area contributed by atoms with Gasteiger partial charge in [-0.2, -0.15) is 5.10 Å². The van der Waals surface area contributed by atoms with Crippen molar-refractivity contribution in [3.05, 3.63) is 69.3 Å². The summed E-state index contributed by atoms with van der Waals surface area (Å²) in [5.74, 6) is 0.333. The fourth-order valence-electron chi connectivity index (χ4n) is 3.30. The lowest BCUT2D eigenvalue weighted by atomic mass is 10.0. The number of amidine groups is 1. The third-order valence-corrected chi connectivity index (χ3v) is 4.93. The van der Waals surface area contributed by atoms with Crippen LogP contribution in [-0.4, -0.2) is 21.2 Å². The first kappa shape index (κ1) is 23.0. The van der Waals surface area contributed by atoms with Crippen LogP contribution in [0.25, 0.3) is 11.3 Å². The van der Waals surface area contributed by atoms with Gasteiger partial charge in [-0.1, -0.05) is 41.4 Å². The first-order valence-corrected chi connectivity index (χ1v) is 9.04. The SMILES string of the molecule is Cl.Cl.N=C(N)c1cccc2c1CCC2=Nn1cc(-c2cc(Cl)cc(Cl)c2)nc1N. The van der Waals surface area contributed by atoms with E-state index in [1.165, 1.54) is 0 Å². The topological polar surface area (TPSA) is 106 Å².